The lowest BCUT2D eigenvalue weighted by atomic mass is 10.0. The van der Waals surface area contributed by atoms with E-state index in [0.29, 0.717) is 0 Å². The van der Waals surface area contributed by atoms with Crippen LogP contribution in [-0.4, -0.2) is 4.98 Å². The monoisotopic (exact) mass is 250 g/mol. The van der Waals surface area contributed by atoms with Gasteiger partial charge in [0.2, 0.25) is 0 Å². The maximum Gasteiger partial charge on any atom is 0.433 e. The molecule has 92 valence electrons. The van der Waals surface area contributed by atoms with Gasteiger partial charge in [0.05, 0.1) is 12.5 Å². The van der Waals surface area contributed by atoms with E-state index >= 15 is 0 Å². The lowest BCUT2D eigenvalue weighted by molar-refractivity contribution is -0.142. The summed E-state index contributed by atoms with van der Waals surface area (Å²) in [6.07, 6.45) is -8.27. The van der Waals surface area contributed by atoms with E-state index < -0.39 is 24.0 Å². The number of halogens is 5. The normalized spacial score (nSPS) is 11.6. The molecule has 0 bridgehead atoms. The zero-order valence-electron chi connectivity index (χ0n) is 8.65. The first-order chi connectivity index (χ1) is 7.77. The van der Waals surface area contributed by atoms with Gasteiger partial charge in [0, 0.05) is 0 Å². The van der Waals surface area contributed by atoms with Crippen molar-refractivity contribution in [3.05, 3.63) is 28.6 Å². The molecule has 0 saturated heterocycles. The number of aromatic nitrogens is 1. The van der Waals surface area contributed by atoms with E-state index in [2.05, 4.69) is 4.98 Å². The number of hydrogen-bond donors (Lipinski definition) is 0. The Morgan fingerprint density at radius 2 is 2.00 bits per heavy atom. The Hall–Kier alpha value is -1.71. The lowest BCUT2D eigenvalue weighted by Gasteiger charge is -2.13. The molecule has 0 unspecified atom stereocenters. The molecule has 0 atom stereocenters. The summed E-state index contributed by atoms with van der Waals surface area (Å²) >= 11 is 0. The number of alkyl halides is 5. The Kier molecular flexibility index (Phi) is 3.66. The highest BCUT2D eigenvalue weighted by molar-refractivity contribution is 5.35. The maximum absolute atomic E-state index is 12.5. The van der Waals surface area contributed by atoms with Crippen molar-refractivity contribution in [1.29, 1.82) is 5.26 Å². The van der Waals surface area contributed by atoms with Crippen molar-refractivity contribution in [2.24, 2.45) is 0 Å². The van der Waals surface area contributed by atoms with Crippen LogP contribution >= 0.6 is 0 Å². The van der Waals surface area contributed by atoms with Crippen LogP contribution in [0.3, 0.4) is 0 Å². The molecule has 0 fully saturated rings. The van der Waals surface area contributed by atoms with Crippen molar-refractivity contribution in [2.75, 3.05) is 0 Å². The topological polar surface area (TPSA) is 36.7 Å². The predicted molar refractivity (Wildman–Crippen MR) is 48.3 cm³/mol. The zero-order valence-corrected chi connectivity index (χ0v) is 8.65. The molecule has 1 aromatic heterocycles. The molecule has 1 aromatic rings. The second kappa shape index (κ2) is 4.65. The molecular weight excluding hydrogens is 243 g/mol. The Morgan fingerprint density at radius 3 is 2.41 bits per heavy atom. The molecule has 0 aliphatic carbocycles. The first-order valence-corrected chi connectivity index (χ1v) is 4.50. The molecule has 0 aromatic carbocycles. The minimum Gasteiger partial charge on any atom is -0.242 e. The summed E-state index contributed by atoms with van der Waals surface area (Å²) in [6, 6.07) is 2.46. The highest BCUT2D eigenvalue weighted by Crippen LogP contribution is 2.33. The molecule has 17 heavy (non-hydrogen) atoms. The first kappa shape index (κ1) is 13.4. The summed E-state index contributed by atoms with van der Waals surface area (Å²) < 4.78 is 62.3. The van der Waals surface area contributed by atoms with Gasteiger partial charge in [-0.05, 0) is 24.1 Å². The fraction of sp³-hybridized carbons (Fsp3) is 0.400. The number of hydrogen-bond acceptors (Lipinski definition) is 2. The maximum atomic E-state index is 12.5. The Balaban J connectivity index is 3.44. The summed E-state index contributed by atoms with van der Waals surface area (Å²) in [6.45, 7) is 1.11. The van der Waals surface area contributed by atoms with Gasteiger partial charge in [0.25, 0.3) is 6.43 Å². The summed E-state index contributed by atoms with van der Waals surface area (Å²) in [7, 11) is 0. The molecule has 0 radical (unpaired) electrons. The molecule has 0 saturated carbocycles. The second-order valence-corrected chi connectivity index (χ2v) is 3.31. The standard InChI is InChI=1S/C10H7F5N2/c1-5-6(2-3-16)4-7(9(11)12)17-8(5)10(13,14)15/h4,9H,2H2,1H3. The van der Waals surface area contributed by atoms with Crippen LogP contribution in [0.15, 0.2) is 6.07 Å². The average molecular weight is 250 g/mol. The lowest BCUT2D eigenvalue weighted by Crippen LogP contribution is -2.14. The van der Waals surface area contributed by atoms with Crippen molar-refractivity contribution < 1.29 is 22.0 Å². The van der Waals surface area contributed by atoms with Gasteiger partial charge in [-0.1, -0.05) is 0 Å². The van der Waals surface area contributed by atoms with Gasteiger partial charge in [0.15, 0.2) is 0 Å². The number of pyridine rings is 1. The SMILES string of the molecule is Cc1c(CC#N)cc(C(F)F)nc1C(F)(F)F. The van der Waals surface area contributed by atoms with Crippen LogP contribution in [0.1, 0.15) is 28.9 Å². The third-order valence-electron chi connectivity index (χ3n) is 2.16. The van der Waals surface area contributed by atoms with E-state index in [-0.39, 0.29) is 17.5 Å². The van der Waals surface area contributed by atoms with E-state index in [1.54, 1.807) is 6.07 Å². The Morgan fingerprint density at radius 1 is 1.41 bits per heavy atom. The Labute approximate surface area is 93.7 Å². The summed E-state index contributed by atoms with van der Waals surface area (Å²) in [4.78, 5) is 2.90. The molecule has 0 spiro atoms. The molecular formula is C10H7F5N2. The first-order valence-electron chi connectivity index (χ1n) is 4.50. The quantitative estimate of drug-likeness (QED) is 0.754. The zero-order chi connectivity index (χ0) is 13.2. The molecule has 2 nitrogen and oxygen atoms in total. The molecule has 0 amide bonds. The van der Waals surface area contributed by atoms with Crippen LogP contribution in [0.4, 0.5) is 22.0 Å². The largest absolute Gasteiger partial charge is 0.433 e. The van der Waals surface area contributed by atoms with Crippen LogP contribution in [0.2, 0.25) is 0 Å². The van der Waals surface area contributed by atoms with E-state index in [1.165, 1.54) is 0 Å². The van der Waals surface area contributed by atoms with Crippen LogP contribution in [-0.2, 0) is 12.6 Å². The van der Waals surface area contributed by atoms with E-state index in [9.17, 15) is 22.0 Å². The predicted octanol–water partition coefficient (Wildman–Crippen LogP) is 3.41. The van der Waals surface area contributed by atoms with Gasteiger partial charge < -0.3 is 0 Å². The van der Waals surface area contributed by atoms with E-state index in [1.807, 2.05) is 0 Å². The van der Waals surface area contributed by atoms with Gasteiger partial charge in [0.1, 0.15) is 11.4 Å². The number of nitriles is 1. The molecule has 0 N–H and O–H groups in total. The number of rotatable bonds is 2. The van der Waals surface area contributed by atoms with Gasteiger partial charge in [-0.25, -0.2) is 13.8 Å². The third kappa shape index (κ3) is 2.90. The highest BCUT2D eigenvalue weighted by atomic mass is 19.4. The highest BCUT2D eigenvalue weighted by Gasteiger charge is 2.36. The van der Waals surface area contributed by atoms with E-state index in [4.69, 9.17) is 5.26 Å². The fourth-order valence-electron chi connectivity index (χ4n) is 1.34. The van der Waals surface area contributed by atoms with Crippen molar-refractivity contribution >= 4 is 0 Å². The average Bonchev–Trinajstić information content (AvgIpc) is 2.19. The van der Waals surface area contributed by atoms with Gasteiger partial charge >= 0.3 is 6.18 Å². The third-order valence-corrected chi connectivity index (χ3v) is 2.16. The van der Waals surface area contributed by atoms with Crippen LogP contribution < -0.4 is 0 Å². The van der Waals surface area contributed by atoms with Crippen LogP contribution in [0.5, 0.6) is 0 Å². The minimum atomic E-state index is -4.81. The summed E-state index contributed by atoms with van der Waals surface area (Å²) in [5.41, 5.74) is -2.69. The second-order valence-electron chi connectivity index (χ2n) is 3.31. The molecule has 7 heteroatoms. The number of nitrogens with zero attached hydrogens (tertiary/aromatic N) is 2. The smallest absolute Gasteiger partial charge is 0.242 e. The Bertz CT molecular complexity index is 459. The summed E-state index contributed by atoms with van der Waals surface area (Å²) in [5, 5.41) is 8.43. The van der Waals surface area contributed by atoms with Gasteiger partial charge in [-0.3, -0.25) is 0 Å². The van der Waals surface area contributed by atoms with Crippen molar-refractivity contribution in [3.63, 3.8) is 0 Å². The summed E-state index contributed by atoms with van der Waals surface area (Å²) in [5.74, 6) is 0. The molecule has 1 rings (SSSR count). The van der Waals surface area contributed by atoms with Crippen molar-refractivity contribution in [2.45, 2.75) is 25.9 Å². The minimum absolute atomic E-state index is 0.0786. The van der Waals surface area contributed by atoms with Gasteiger partial charge in [-0.2, -0.15) is 18.4 Å². The van der Waals surface area contributed by atoms with E-state index in [0.717, 1.165) is 13.0 Å². The molecule has 0 aliphatic heterocycles. The van der Waals surface area contributed by atoms with Crippen LogP contribution in [0.25, 0.3) is 0 Å². The fourth-order valence-corrected chi connectivity index (χ4v) is 1.34. The van der Waals surface area contributed by atoms with Crippen molar-refractivity contribution in [3.8, 4) is 6.07 Å². The molecule has 0 aliphatic rings. The molecule has 1 heterocycles. The van der Waals surface area contributed by atoms with Crippen molar-refractivity contribution in [1.82, 2.24) is 4.98 Å². The van der Waals surface area contributed by atoms with Crippen LogP contribution in [0, 0.1) is 18.3 Å². The van der Waals surface area contributed by atoms with Gasteiger partial charge in [-0.15, -0.1) is 0 Å².